The molecule has 0 bridgehead atoms. The summed E-state index contributed by atoms with van der Waals surface area (Å²) in [6.45, 7) is 6.57. The zero-order valence-corrected chi connectivity index (χ0v) is 18.9. The van der Waals surface area contributed by atoms with Gasteiger partial charge in [-0.25, -0.2) is 0 Å². The van der Waals surface area contributed by atoms with E-state index in [2.05, 4.69) is 19.2 Å². The van der Waals surface area contributed by atoms with E-state index in [9.17, 15) is 9.59 Å². The number of aryl methyl sites for hydroxylation is 1. The number of nitrogens with zero attached hydrogens (tertiary/aromatic N) is 2. The van der Waals surface area contributed by atoms with Crippen LogP contribution in [0.15, 0.2) is 42.5 Å². The molecular weight excluding hydrogens is 378 g/mol. The zero-order chi connectivity index (χ0) is 22.3. The summed E-state index contributed by atoms with van der Waals surface area (Å²) in [4.78, 5) is 29.2. The minimum Gasteiger partial charge on any atom is -0.377 e. The summed E-state index contributed by atoms with van der Waals surface area (Å²) in [6.07, 6.45) is 0.846. The van der Waals surface area contributed by atoms with Crippen LogP contribution >= 0.6 is 0 Å². The number of hydrogen-bond donors (Lipinski definition) is 1. The van der Waals surface area contributed by atoms with Gasteiger partial charge in [0.05, 0.1) is 0 Å². The Morgan fingerprint density at radius 2 is 1.87 bits per heavy atom. The quantitative estimate of drug-likeness (QED) is 0.675. The number of benzene rings is 2. The second-order valence-corrected chi connectivity index (χ2v) is 7.78. The minimum atomic E-state index is -0.212. The highest BCUT2D eigenvalue weighted by Crippen LogP contribution is 2.26. The van der Waals surface area contributed by atoms with Crippen LogP contribution < -0.4 is 10.2 Å². The summed E-state index contributed by atoms with van der Waals surface area (Å²) in [5.74, 6) is -0.206. The van der Waals surface area contributed by atoms with Crippen molar-refractivity contribution in [3.8, 4) is 0 Å². The molecule has 1 N–H and O–H groups in total. The molecule has 0 heterocycles. The number of methoxy groups -OCH3 is 1. The summed E-state index contributed by atoms with van der Waals surface area (Å²) in [7, 11) is 5.43. The van der Waals surface area contributed by atoms with Gasteiger partial charge in [-0.15, -0.1) is 0 Å². The number of nitrogens with one attached hydrogen (secondary N) is 1. The lowest BCUT2D eigenvalue weighted by Gasteiger charge is -2.31. The highest BCUT2D eigenvalue weighted by atomic mass is 16.5. The second-order valence-electron chi connectivity index (χ2n) is 7.78. The maximum atomic E-state index is 13.4. The third-order valence-electron chi connectivity index (χ3n) is 5.11. The number of amides is 2. The molecule has 0 aliphatic rings. The van der Waals surface area contributed by atoms with Crippen LogP contribution in [0.3, 0.4) is 0 Å². The summed E-state index contributed by atoms with van der Waals surface area (Å²) in [5.41, 5.74) is 4.40. The molecule has 6 heteroatoms. The normalized spacial score (nSPS) is 11.7. The molecule has 0 aromatic heterocycles. The first-order chi connectivity index (χ1) is 14.3. The molecule has 2 aromatic carbocycles. The standard InChI is InChI=1S/C24H33N3O3/c1-7-18(3)27(24(29)19-10-8-9-17(2)13-19)15-20-14-21(25-23(28)16-30-6)11-12-22(20)26(4)5/h8-14,18H,7,15-16H2,1-6H3,(H,25,28)/t18-/m1/s1. The maximum Gasteiger partial charge on any atom is 0.254 e. The molecule has 0 aliphatic carbocycles. The van der Waals surface area contributed by atoms with Gasteiger partial charge < -0.3 is 19.9 Å². The second kappa shape index (κ2) is 10.8. The third kappa shape index (κ3) is 6.07. The van der Waals surface area contributed by atoms with Crippen LogP contribution in [-0.2, 0) is 16.1 Å². The van der Waals surface area contributed by atoms with E-state index in [4.69, 9.17) is 4.74 Å². The molecule has 0 unspecified atom stereocenters. The van der Waals surface area contributed by atoms with E-state index in [-0.39, 0.29) is 24.5 Å². The molecular formula is C24H33N3O3. The average molecular weight is 412 g/mol. The number of hydrogen-bond acceptors (Lipinski definition) is 4. The highest BCUT2D eigenvalue weighted by molar-refractivity contribution is 5.95. The molecule has 0 aliphatic heterocycles. The Bertz CT molecular complexity index is 880. The molecule has 1 atom stereocenters. The summed E-state index contributed by atoms with van der Waals surface area (Å²) < 4.78 is 4.90. The predicted molar refractivity (Wildman–Crippen MR) is 122 cm³/mol. The molecule has 2 aromatic rings. The van der Waals surface area contributed by atoms with E-state index in [0.29, 0.717) is 17.8 Å². The molecule has 0 fully saturated rings. The van der Waals surface area contributed by atoms with E-state index < -0.39 is 0 Å². The Morgan fingerprint density at radius 3 is 2.47 bits per heavy atom. The Balaban J connectivity index is 2.39. The molecule has 162 valence electrons. The minimum absolute atomic E-state index is 0.00436. The van der Waals surface area contributed by atoms with Crippen LogP contribution in [0.25, 0.3) is 0 Å². The SMILES string of the molecule is CC[C@@H](C)N(Cc1cc(NC(=O)COC)ccc1N(C)C)C(=O)c1cccc(C)c1. The first-order valence-corrected chi connectivity index (χ1v) is 10.2. The van der Waals surface area contributed by atoms with Gasteiger partial charge in [0.1, 0.15) is 6.61 Å². The lowest BCUT2D eigenvalue weighted by molar-refractivity contribution is -0.119. The number of rotatable bonds is 9. The molecule has 2 rings (SSSR count). The average Bonchev–Trinajstić information content (AvgIpc) is 2.71. The largest absolute Gasteiger partial charge is 0.377 e. The molecule has 6 nitrogen and oxygen atoms in total. The van der Waals surface area contributed by atoms with Crippen molar-refractivity contribution in [2.45, 2.75) is 39.8 Å². The van der Waals surface area contributed by atoms with Crippen molar-refractivity contribution in [3.63, 3.8) is 0 Å². The van der Waals surface area contributed by atoms with Crippen molar-refractivity contribution in [3.05, 3.63) is 59.2 Å². The van der Waals surface area contributed by atoms with E-state index in [1.165, 1.54) is 7.11 Å². The van der Waals surface area contributed by atoms with Crippen LogP contribution in [0, 0.1) is 6.92 Å². The number of ether oxygens (including phenoxy) is 1. The lowest BCUT2D eigenvalue weighted by Crippen LogP contribution is -2.38. The van der Waals surface area contributed by atoms with E-state index >= 15 is 0 Å². The number of anilines is 2. The maximum absolute atomic E-state index is 13.4. The van der Waals surface area contributed by atoms with Crippen molar-refractivity contribution in [1.82, 2.24) is 4.90 Å². The smallest absolute Gasteiger partial charge is 0.254 e. The summed E-state index contributed by atoms with van der Waals surface area (Å²) in [6, 6.07) is 13.5. The predicted octanol–water partition coefficient (Wildman–Crippen LogP) is 4.09. The first kappa shape index (κ1) is 23.4. The van der Waals surface area contributed by atoms with Crippen molar-refractivity contribution in [1.29, 1.82) is 0 Å². The summed E-state index contributed by atoms with van der Waals surface area (Å²) in [5, 5.41) is 2.85. The van der Waals surface area contributed by atoms with Crippen LogP contribution in [0.4, 0.5) is 11.4 Å². The Labute approximate surface area is 179 Å². The van der Waals surface area contributed by atoms with Crippen molar-refractivity contribution >= 4 is 23.2 Å². The van der Waals surface area contributed by atoms with E-state index in [1.54, 1.807) is 0 Å². The molecule has 30 heavy (non-hydrogen) atoms. The molecule has 0 saturated carbocycles. The van der Waals surface area contributed by atoms with Gasteiger partial charge in [0, 0.05) is 50.7 Å². The molecule has 0 radical (unpaired) electrons. The Kier molecular flexibility index (Phi) is 8.42. The number of carbonyl (C=O) groups is 2. The van der Waals surface area contributed by atoms with E-state index in [1.807, 2.05) is 73.3 Å². The fourth-order valence-electron chi connectivity index (χ4n) is 3.33. The molecule has 0 spiro atoms. The van der Waals surface area contributed by atoms with Crippen LogP contribution in [0.1, 0.15) is 41.8 Å². The van der Waals surface area contributed by atoms with Gasteiger partial charge in [-0.1, -0.05) is 24.6 Å². The van der Waals surface area contributed by atoms with Crippen molar-refractivity contribution < 1.29 is 14.3 Å². The summed E-state index contributed by atoms with van der Waals surface area (Å²) >= 11 is 0. The highest BCUT2D eigenvalue weighted by Gasteiger charge is 2.22. The lowest BCUT2D eigenvalue weighted by atomic mass is 10.1. The van der Waals surface area contributed by atoms with Crippen LogP contribution in [-0.4, -0.2) is 50.6 Å². The van der Waals surface area contributed by atoms with Gasteiger partial charge in [0.15, 0.2) is 0 Å². The van der Waals surface area contributed by atoms with Crippen molar-refractivity contribution in [2.75, 3.05) is 38.0 Å². The van der Waals surface area contributed by atoms with Gasteiger partial charge in [0.2, 0.25) is 5.91 Å². The van der Waals surface area contributed by atoms with Gasteiger partial charge in [-0.3, -0.25) is 9.59 Å². The van der Waals surface area contributed by atoms with Gasteiger partial charge >= 0.3 is 0 Å². The van der Waals surface area contributed by atoms with Gasteiger partial charge in [0.25, 0.3) is 5.91 Å². The molecule has 0 saturated heterocycles. The Hall–Kier alpha value is -2.86. The fraction of sp³-hybridized carbons (Fsp3) is 0.417. The fourth-order valence-corrected chi connectivity index (χ4v) is 3.33. The van der Waals surface area contributed by atoms with Crippen LogP contribution in [0.2, 0.25) is 0 Å². The topological polar surface area (TPSA) is 61.9 Å². The monoisotopic (exact) mass is 411 g/mol. The van der Waals surface area contributed by atoms with Gasteiger partial charge in [-0.05, 0) is 56.2 Å². The van der Waals surface area contributed by atoms with E-state index in [0.717, 1.165) is 23.2 Å². The number of carbonyl (C=O) groups excluding carboxylic acids is 2. The first-order valence-electron chi connectivity index (χ1n) is 10.2. The van der Waals surface area contributed by atoms with Gasteiger partial charge in [-0.2, -0.15) is 0 Å². The zero-order valence-electron chi connectivity index (χ0n) is 18.9. The van der Waals surface area contributed by atoms with Crippen molar-refractivity contribution in [2.24, 2.45) is 0 Å². The Morgan fingerprint density at radius 1 is 1.13 bits per heavy atom. The van der Waals surface area contributed by atoms with Crippen LogP contribution in [0.5, 0.6) is 0 Å². The third-order valence-corrected chi connectivity index (χ3v) is 5.11. The molecule has 2 amide bonds.